The second kappa shape index (κ2) is 2.65. The molecule has 0 heterocycles. The molecule has 0 aromatic heterocycles. The molecule has 1 fully saturated rings. The van der Waals surface area contributed by atoms with Gasteiger partial charge in [-0.15, -0.1) is 0 Å². The fourth-order valence-corrected chi connectivity index (χ4v) is 1.33. The Bertz CT molecular complexity index is 94.9. The zero-order valence-electron chi connectivity index (χ0n) is 5.81. The average molecular weight is 131 g/mol. The average Bonchev–Trinajstić information content (AvgIpc) is 1.80. The number of halogens is 1. The molecular formula is C7H14FN. The lowest BCUT2D eigenvalue weighted by Gasteiger charge is -2.26. The molecule has 0 aromatic rings. The first-order chi connectivity index (χ1) is 4.20. The largest absolute Gasteiger partial charge is 0.325 e. The van der Waals surface area contributed by atoms with E-state index >= 15 is 0 Å². The van der Waals surface area contributed by atoms with Crippen LogP contribution in [-0.2, 0) is 0 Å². The van der Waals surface area contributed by atoms with Crippen LogP contribution in [0.3, 0.4) is 0 Å². The van der Waals surface area contributed by atoms with E-state index in [4.69, 9.17) is 5.73 Å². The highest BCUT2D eigenvalue weighted by Crippen LogP contribution is 2.24. The molecular weight excluding hydrogens is 117 g/mol. The molecule has 1 aliphatic carbocycles. The van der Waals surface area contributed by atoms with Gasteiger partial charge in [-0.1, -0.05) is 6.92 Å². The molecule has 1 nitrogen and oxygen atoms in total. The van der Waals surface area contributed by atoms with Gasteiger partial charge in [-0.25, -0.2) is 4.39 Å². The number of nitrogens with two attached hydrogens (primary N) is 1. The van der Waals surface area contributed by atoms with Crippen molar-refractivity contribution in [1.29, 1.82) is 0 Å². The first kappa shape index (κ1) is 7.00. The Hall–Kier alpha value is -0.110. The molecule has 1 aliphatic rings. The molecule has 2 heteroatoms. The van der Waals surface area contributed by atoms with Crippen molar-refractivity contribution < 1.29 is 4.39 Å². The summed E-state index contributed by atoms with van der Waals surface area (Å²) in [5, 5.41) is 0. The molecule has 0 aromatic carbocycles. The van der Waals surface area contributed by atoms with Gasteiger partial charge in [0.15, 0.2) is 0 Å². The second-order valence-electron chi connectivity index (χ2n) is 3.10. The van der Waals surface area contributed by atoms with Crippen LogP contribution in [0.15, 0.2) is 0 Å². The predicted octanol–water partition coefficient (Wildman–Crippen LogP) is 1.47. The summed E-state index contributed by atoms with van der Waals surface area (Å²) in [5.74, 6) is 0.541. The molecule has 2 unspecified atom stereocenters. The minimum atomic E-state index is -0.742. The van der Waals surface area contributed by atoms with Crippen LogP contribution in [0.4, 0.5) is 4.39 Å². The summed E-state index contributed by atoms with van der Waals surface area (Å²) in [4.78, 5) is 0. The Labute approximate surface area is 55.4 Å². The highest BCUT2D eigenvalue weighted by Gasteiger charge is 2.24. The Morgan fingerprint density at radius 1 is 1.44 bits per heavy atom. The van der Waals surface area contributed by atoms with Crippen LogP contribution in [0.1, 0.15) is 26.2 Å². The van der Waals surface area contributed by atoms with Gasteiger partial charge in [-0.2, -0.15) is 0 Å². The molecule has 0 spiro atoms. The van der Waals surface area contributed by atoms with E-state index in [1.165, 1.54) is 0 Å². The van der Waals surface area contributed by atoms with Gasteiger partial charge < -0.3 is 5.73 Å². The lowest BCUT2D eigenvalue weighted by atomic mass is 9.86. The highest BCUT2D eigenvalue weighted by atomic mass is 19.1. The Morgan fingerprint density at radius 3 is 2.56 bits per heavy atom. The maximum atomic E-state index is 12.7. The van der Waals surface area contributed by atoms with Gasteiger partial charge in [-0.3, -0.25) is 0 Å². The van der Waals surface area contributed by atoms with E-state index in [2.05, 4.69) is 6.92 Å². The van der Waals surface area contributed by atoms with Crippen LogP contribution in [0, 0.1) is 5.92 Å². The van der Waals surface area contributed by atoms with E-state index in [1.807, 2.05) is 0 Å². The second-order valence-corrected chi connectivity index (χ2v) is 3.10. The fraction of sp³-hybridized carbons (Fsp3) is 1.00. The first-order valence-electron chi connectivity index (χ1n) is 3.60. The van der Waals surface area contributed by atoms with Crippen molar-refractivity contribution in [2.75, 3.05) is 0 Å². The Morgan fingerprint density at radius 2 is 2.11 bits per heavy atom. The Balaban J connectivity index is 2.35. The Kier molecular flexibility index (Phi) is 2.06. The third kappa shape index (κ3) is 1.65. The van der Waals surface area contributed by atoms with Crippen molar-refractivity contribution in [1.82, 2.24) is 0 Å². The van der Waals surface area contributed by atoms with Gasteiger partial charge in [0.1, 0.15) is 6.17 Å². The molecule has 0 radical (unpaired) electrons. The van der Waals surface area contributed by atoms with Crippen molar-refractivity contribution in [3.8, 4) is 0 Å². The van der Waals surface area contributed by atoms with Crippen LogP contribution >= 0.6 is 0 Å². The van der Waals surface area contributed by atoms with Gasteiger partial charge in [0, 0.05) is 6.04 Å². The van der Waals surface area contributed by atoms with Gasteiger partial charge in [0.05, 0.1) is 0 Å². The van der Waals surface area contributed by atoms with Gasteiger partial charge >= 0.3 is 0 Å². The molecule has 0 saturated heterocycles. The molecule has 0 aliphatic heterocycles. The van der Waals surface area contributed by atoms with Crippen molar-refractivity contribution in [2.24, 2.45) is 11.7 Å². The van der Waals surface area contributed by atoms with Crippen molar-refractivity contribution in [2.45, 2.75) is 38.4 Å². The van der Waals surface area contributed by atoms with E-state index in [1.54, 1.807) is 0 Å². The van der Waals surface area contributed by atoms with Crippen LogP contribution < -0.4 is 5.73 Å². The van der Waals surface area contributed by atoms with E-state index < -0.39 is 6.17 Å². The number of hydrogen-bond acceptors (Lipinski definition) is 1. The number of rotatable bonds is 0. The summed E-state index contributed by atoms with van der Waals surface area (Å²) >= 11 is 0. The molecule has 54 valence electrons. The molecule has 0 bridgehead atoms. The van der Waals surface area contributed by atoms with E-state index in [-0.39, 0.29) is 6.04 Å². The minimum absolute atomic E-state index is 0.179. The molecule has 0 amide bonds. The van der Waals surface area contributed by atoms with Crippen LogP contribution in [0.5, 0.6) is 0 Å². The number of hydrogen-bond donors (Lipinski definition) is 1. The molecule has 1 saturated carbocycles. The van der Waals surface area contributed by atoms with E-state index in [0.717, 1.165) is 12.8 Å². The standard InChI is InChI=1S/C7H14FN/c1-5-2-3-7(9)6(8)4-5/h5-7H,2-4,9H2,1H3/t5-,6?,7?/m0/s1. The van der Waals surface area contributed by atoms with Crippen molar-refractivity contribution in [3.63, 3.8) is 0 Å². The highest BCUT2D eigenvalue weighted by molar-refractivity contribution is 4.80. The van der Waals surface area contributed by atoms with Gasteiger partial charge in [0.25, 0.3) is 0 Å². The number of alkyl halides is 1. The lowest BCUT2D eigenvalue weighted by Crippen LogP contribution is -2.36. The lowest BCUT2D eigenvalue weighted by molar-refractivity contribution is 0.179. The van der Waals surface area contributed by atoms with Crippen LogP contribution in [0.25, 0.3) is 0 Å². The summed E-state index contributed by atoms with van der Waals surface area (Å²) < 4.78 is 12.7. The summed E-state index contributed by atoms with van der Waals surface area (Å²) in [6.07, 6.45) is 1.89. The van der Waals surface area contributed by atoms with Gasteiger partial charge in [-0.05, 0) is 25.2 Å². The quantitative estimate of drug-likeness (QED) is 0.529. The zero-order valence-corrected chi connectivity index (χ0v) is 5.81. The van der Waals surface area contributed by atoms with Crippen LogP contribution in [0.2, 0.25) is 0 Å². The first-order valence-corrected chi connectivity index (χ1v) is 3.60. The third-order valence-corrected chi connectivity index (χ3v) is 2.08. The molecule has 1 rings (SSSR count). The monoisotopic (exact) mass is 131 g/mol. The summed E-state index contributed by atoms with van der Waals surface area (Å²) in [6.45, 7) is 2.08. The summed E-state index contributed by atoms with van der Waals surface area (Å²) in [5.41, 5.74) is 5.47. The van der Waals surface area contributed by atoms with Gasteiger partial charge in [0.2, 0.25) is 0 Å². The summed E-state index contributed by atoms with van der Waals surface area (Å²) in [7, 11) is 0. The molecule has 2 N–H and O–H groups in total. The maximum Gasteiger partial charge on any atom is 0.115 e. The smallest absolute Gasteiger partial charge is 0.115 e. The summed E-state index contributed by atoms with van der Waals surface area (Å²) in [6, 6.07) is -0.179. The third-order valence-electron chi connectivity index (χ3n) is 2.08. The van der Waals surface area contributed by atoms with E-state index in [9.17, 15) is 4.39 Å². The normalized spacial score (nSPS) is 45.0. The van der Waals surface area contributed by atoms with Crippen molar-refractivity contribution in [3.05, 3.63) is 0 Å². The van der Waals surface area contributed by atoms with Crippen LogP contribution in [-0.4, -0.2) is 12.2 Å². The SMILES string of the molecule is C[C@H]1CCC(N)C(F)C1. The topological polar surface area (TPSA) is 26.0 Å². The fourth-order valence-electron chi connectivity index (χ4n) is 1.33. The van der Waals surface area contributed by atoms with E-state index in [0.29, 0.717) is 12.3 Å². The molecule has 3 atom stereocenters. The van der Waals surface area contributed by atoms with Crippen molar-refractivity contribution >= 4 is 0 Å². The zero-order chi connectivity index (χ0) is 6.85. The maximum absolute atomic E-state index is 12.7. The molecule has 9 heavy (non-hydrogen) atoms. The predicted molar refractivity (Wildman–Crippen MR) is 35.9 cm³/mol. The minimum Gasteiger partial charge on any atom is -0.325 e.